The second-order valence-electron chi connectivity index (χ2n) is 7.23. The van der Waals surface area contributed by atoms with Gasteiger partial charge in [0.1, 0.15) is 5.60 Å². The molecule has 30 heavy (non-hydrogen) atoms. The average Bonchev–Trinajstić information content (AvgIpc) is 2.66. The van der Waals surface area contributed by atoms with Crippen LogP contribution in [0.5, 0.6) is 0 Å². The number of carbonyl (C=O) groups is 3. The van der Waals surface area contributed by atoms with Gasteiger partial charge in [0.05, 0.1) is 25.3 Å². The molecule has 1 aromatic carbocycles. The molecule has 0 heterocycles. The van der Waals surface area contributed by atoms with Crippen LogP contribution in [0.4, 0.5) is 10.5 Å². The maximum absolute atomic E-state index is 11.9. The molecule has 0 spiro atoms. The Morgan fingerprint density at radius 2 is 1.83 bits per heavy atom. The zero-order chi connectivity index (χ0) is 22.6. The lowest BCUT2D eigenvalue weighted by molar-refractivity contribution is -0.156. The van der Waals surface area contributed by atoms with E-state index in [1.807, 2.05) is 45.0 Å². The van der Waals surface area contributed by atoms with E-state index in [2.05, 4.69) is 5.32 Å². The Hall–Kier alpha value is -1.42. The fourth-order valence-corrected chi connectivity index (χ4v) is 4.44. The summed E-state index contributed by atoms with van der Waals surface area (Å²) in [4.78, 5) is 37.1. The lowest BCUT2D eigenvalue weighted by Gasteiger charge is -2.19. The van der Waals surface area contributed by atoms with Crippen LogP contribution in [0.2, 0.25) is 0 Å². The largest absolute Gasteiger partial charge is 0.460 e. The molecule has 2 amide bonds. The number of nitrogens with one attached hydrogen (secondary N) is 1. The molecule has 0 aromatic heterocycles. The van der Waals surface area contributed by atoms with Crippen molar-refractivity contribution >= 4 is 56.1 Å². The number of halogens is 1. The van der Waals surface area contributed by atoms with Crippen molar-refractivity contribution in [2.24, 2.45) is 0 Å². The molecule has 0 aliphatic carbocycles. The second kappa shape index (κ2) is 13.8. The summed E-state index contributed by atoms with van der Waals surface area (Å²) in [7, 11) is 4.63. The number of carbonyl (C=O) groups excluding carboxylic acids is 3. The highest BCUT2D eigenvalue weighted by atomic mass is 35.5. The highest BCUT2D eigenvalue weighted by Gasteiger charge is 2.16. The zero-order valence-corrected chi connectivity index (χ0v) is 20.1. The van der Waals surface area contributed by atoms with Crippen molar-refractivity contribution in [3.63, 3.8) is 0 Å². The fraction of sp³-hybridized carbons (Fsp3) is 0.550. The minimum Gasteiger partial charge on any atom is -0.460 e. The minimum atomic E-state index is -0.555. The van der Waals surface area contributed by atoms with Gasteiger partial charge < -0.3 is 19.7 Å². The summed E-state index contributed by atoms with van der Waals surface area (Å²) in [6.07, 6.45) is 0.549. The predicted molar refractivity (Wildman–Crippen MR) is 123 cm³/mol. The monoisotopic (exact) mass is 476 g/mol. The zero-order valence-electron chi connectivity index (χ0n) is 17.7. The van der Waals surface area contributed by atoms with Gasteiger partial charge in [-0.15, -0.1) is 0 Å². The Kier molecular flexibility index (Phi) is 12.2. The summed E-state index contributed by atoms with van der Waals surface area (Å²) in [5.74, 6) is 0.243. The number of anilines is 1. The van der Waals surface area contributed by atoms with Gasteiger partial charge in [0.2, 0.25) is 5.91 Å². The molecule has 0 fully saturated rings. The van der Waals surface area contributed by atoms with Crippen molar-refractivity contribution in [3.8, 4) is 0 Å². The van der Waals surface area contributed by atoms with Gasteiger partial charge in [-0.05, 0) is 44.5 Å². The molecule has 1 rings (SSSR count). The Balaban J connectivity index is 2.15. The molecular formula is C20H29ClN2O5S2. The third-order valence-corrected chi connectivity index (χ3v) is 6.15. The van der Waals surface area contributed by atoms with Crippen molar-refractivity contribution < 1.29 is 23.9 Å². The van der Waals surface area contributed by atoms with Gasteiger partial charge in [0.15, 0.2) is 0 Å². The molecule has 0 unspecified atom stereocenters. The number of benzene rings is 1. The van der Waals surface area contributed by atoms with E-state index in [1.54, 1.807) is 7.05 Å². The number of nitrogens with zero attached hydrogens (tertiary/aromatic N) is 1. The Morgan fingerprint density at radius 1 is 1.13 bits per heavy atom. The Labute approximate surface area is 191 Å². The number of hydrogen-bond donors (Lipinski definition) is 1. The summed E-state index contributed by atoms with van der Waals surface area (Å²) >= 11 is 5.54. The summed E-state index contributed by atoms with van der Waals surface area (Å²) in [5.41, 5.74) is 0.226. The van der Waals surface area contributed by atoms with Crippen LogP contribution in [0.15, 0.2) is 29.2 Å². The lowest BCUT2D eigenvalue weighted by Crippen LogP contribution is -2.28. The van der Waals surface area contributed by atoms with Crippen LogP contribution < -0.4 is 10.2 Å². The van der Waals surface area contributed by atoms with E-state index < -0.39 is 11.0 Å². The van der Waals surface area contributed by atoms with Crippen LogP contribution >= 0.6 is 33.2 Å². The third-order valence-electron chi connectivity index (χ3n) is 3.49. The number of amides is 2. The van der Waals surface area contributed by atoms with E-state index in [0.717, 1.165) is 10.6 Å². The molecule has 0 atom stereocenters. The van der Waals surface area contributed by atoms with E-state index in [1.165, 1.54) is 26.5 Å². The predicted octanol–water partition coefficient (Wildman–Crippen LogP) is 4.48. The maximum atomic E-state index is 11.9. The smallest absolute Gasteiger partial charge is 0.320 e. The lowest BCUT2D eigenvalue weighted by atomic mass is 10.2. The van der Waals surface area contributed by atoms with Gasteiger partial charge in [0.25, 0.3) is 0 Å². The minimum absolute atomic E-state index is 0.0693. The van der Waals surface area contributed by atoms with Crippen molar-refractivity contribution in [2.45, 2.75) is 44.1 Å². The molecule has 0 aliphatic heterocycles. The highest BCUT2D eigenvalue weighted by Crippen LogP contribution is 2.38. The maximum Gasteiger partial charge on any atom is 0.320 e. The van der Waals surface area contributed by atoms with Gasteiger partial charge in [-0.1, -0.05) is 33.7 Å². The molecule has 168 valence electrons. The van der Waals surface area contributed by atoms with E-state index in [9.17, 15) is 14.4 Å². The third kappa shape index (κ3) is 11.7. The van der Waals surface area contributed by atoms with Crippen LogP contribution in [0.25, 0.3) is 0 Å². The van der Waals surface area contributed by atoms with Crippen molar-refractivity contribution in [1.82, 2.24) is 5.32 Å². The van der Waals surface area contributed by atoms with E-state index in [0.29, 0.717) is 25.3 Å². The number of ether oxygens (including phenoxy) is 2. The summed E-state index contributed by atoms with van der Waals surface area (Å²) in [6.45, 7) is 6.43. The highest BCUT2D eigenvalue weighted by molar-refractivity contribution is 8.76. The summed E-state index contributed by atoms with van der Waals surface area (Å²) < 4.78 is 10.5. The molecular weight excluding hydrogens is 448 g/mol. The first-order chi connectivity index (χ1) is 14.1. The standard InChI is InChI=1S/C20H29ClN2O5S2/c1-20(2,3)28-18(25)9-12-27-13-11-22-17(24)10-14-29-30-16-8-6-5-7-15(16)23(4)19(21)26/h5-8H,9-14H2,1-4H3,(H,22,24). The topological polar surface area (TPSA) is 84.9 Å². The molecule has 0 saturated heterocycles. The Bertz CT molecular complexity index is 713. The first-order valence-electron chi connectivity index (χ1n) is 9.48. The van der Waals surface area contributed by atoms with Crippen molar-refractivity contribution in [2.75, 3.05) is 37.5 Å². The molecule has 1 aromatic rings. The molecule has 0 radical (unpaired) electrons. The molecule has 10 heteroatoms. The van der Waals surface area contributed by atoms with Crippen LogP contribution in [-0.4, -0.2) is 55.4 Å². The van der Waals surface area contributed by atoms with Gasteiger partial charge in [-0.3, -0.25) is 14.4 Å². The normalized spacial score (nSPS) is 11.1. The van der Waals surface area contributed by atoms with Gasteiger partial charge in [-0.2, -0.15) is 0 Å². The van der Waals surface area contributed by atoms with Crippen LogP contribution in [0.1, 0.15) is 33.6 Å². The molecule has 7 nitrogen and oxygen atoms in total. The van der Waals surface area contributed by atoms with Crippen molar-refractivity contribution in [1.29, 1.82) is 0 Å². The molecule has 0 aliphatic rings. The molecule has 0 bridgehead atoms. The van der Waals surface area contributed by atoms with Crippen LogP contribution in [0.3, 0.4) is 0 Å². The summed E-state index contributed by atoms with van der Waals surface area (Å²) in [6, 6.07) is 7.44. The van der Waals surface area contributed by atoms with E-state index >= 15 is 0 Å². The van der Waals surface area contributed by atoms with Crippen LogP contribution in [0, 0.1) is 0 Å². The SMILES string of the molecule is CN(C(=O)Cl)c1ccccc1SSCCC(=O)NCCOCCC(=O)OC(C)(C)C. The number of para-hydroxylation sites is 1. The van der Waals surface area contributed by atoms with Crippen LogP contribution in [-0.2, 0) is 19.1 Å². The Morgan fingerprint density at radius 3 is 2.50 bits per heavy atom. The first kappa shape index (κ1) is 26.6. The molecule has 1 N–H and O–H groups in total. The second-order valence-corrected chi connectivity index (χ2v) is 10.0. The number of esters is 1. The number of rotatable bonds is 12. The molecule has 0 saturated carbocycles. The fourth-order valence-electron chi connectivity index (χ4n) is 2.14. The van der Waals surface area contributed by atoms with Gasteiger partial charge in [-0.25, -0.2) is 0 Å². The number of hydrogen-bond acceptors (Lipinski definition) is 7. The average molecular weight is 477 g/mol. The van der Waals surface area contributed by atoms with E-state index in [-0.39, 0.29) is 24.9 Å². The van der Waals surface area contributed by atoms with Crippen molar-refractivity contribution in [3.05, 3.63) is 24.3 Å². The van der Waals surface area contributed by atoms with E-state index in [4.69, 9.17) is 21.1 Å². The van der Waals surface area contributed by atoms with Gasteiger partial charge >= 0.3 is 11.3 Å². The first-order valence-corrected chi connectivity index (χ1v) is 12.2. The quantitative estimate of drug-likeness (QED) is 0.156. The summed E-state index contributed by atoms with van der Waals surface area (Å²) in [5, 5.41) is 2.22. The van der Waals surface area contributed by atoms with Gasteiger partial charge in [0, 0.05) is 30.7 Å².